The SMILES string of the molecule is CC.CC.CCc1cnn(C2CCNC2)c1. The van der Waals surface area contributed by atoms with Gasteiger partial charge in [-0.05, 0) is 24.9 Å². The Morgan fingerprint density at radius 3 is 2.50 bits per heavy atom. The van der Waals surface area contributed by atoms with Gasteiger partial charge in [0.25, 0.3) is 0 Å². The third-order valence-electron chi connectivity index (χ3n) is 2.47. The Hall–Kier alpha value is -0.830. The van der Waals surface area contributed by atoms with Crippen molar-refractivity contribution in [1.82, 2.24) is 15.1 Å². The van der Waals surface area contributed by atoms with Crippen LogP contribution in [0.15, 0.2) is 12.4 Å². The highest BCUT2D eigenvalue weighted by Gasteiger charge is 2.16. The van der Waals surface area contributed by atoms with Crippen LogP contribution in [-0.2, 0) is 6.42 Å². The van der Waals surface area contributed by atoms with Gasteiger partial charge < -0.3 is 5.32 Å². The molecule has 1 aromatic heterocycles. The predicted octanol–water partition coefficient (Wildman–Crippen LogP) is 3.03. The number of hydrogen-bond acceptors (Lipinski definition) is 2. The normalized spacial score (nSPS) is 18.2. The first-order valence-electron chi connectivity index (χ1n) is 6.64. The van der Waals surface area contributed by atoms with Crippen LogP contribution in [0.3, 0.4) is 0 Å². The molecular weight excluding hydrogens is 198 g/mol. The molecule has 1 saturated heterocycles. The summed E-state index contributed by atoms with van der Waals surface area (Å²) in [6.07, 6.45) is 6.43. The molecule has 1 aliphatic rings. The number of aryl methyl sites for hydroxylation is 1. The lowest BCUT2D eigenvalue weighted by molar-refractivity contribution is 0.490. The van der Waals surface area contributed by atoms with Crippen LogP contribution in [0.5, 0.6) is 0 Å². The molecular formula is C13H27N3. The fourth-order valence-corrected chi connectivity index (χ4v) is 1.62. The molecule has 1 aliphatic heterocycles. The van der Waals surface area contributed by atoms with Crippen molar-refractivity contribution in [3.8, 4) is 0 Å². The van der Waals surface area contributed by atoms with E-state index in [2.05, 4.69) is 28.2 Å². The van der Waals surface area contributed by atoms with E-state index in [-0.39, 0.29) is 0 Å². The standard InChI is InChI=1S/C9H15N3.2C2H6/c1-2-8-5-11-12(7-8)9-3-4-10-6-9;2*1-2/h5,7,9-10H,2-4,6H2,1H3;2*1-2H3. The monoisotopic (exact) mass is 225 g/mol. The lowest BCUT2D eigenvalue weighted by Crippen LogP contribution is -2.13. The third kappa shape index (κ3) is 4.35. The Labute approximate surface area is 100 Å². The molecule has 1 fully saturated rings. The molecule has 3 nitrogen and oxygen atoms in total. The Bertz CT molecular complexity index is 249. The van der Waals surface area contributed by atoms with Crippen molar-refractivity contribution < 1.29 is 0 Å². The zero-order valence-electron chi connectivity index (χ0n) is 11.5. The van der Waals surface area contributed by atoms with Crippen molar-refractivity contribution in [2.45, 2.75) is 53.5 Å². The smallest absolute Gasteiger partial charge is 0.0655 e. The summed E-state index contributed by atoms with van der Waals surface area (Å²) in [4.78, 5) is 0. The van der Waals surface area contributed by atoms with Crippen LogP contribution in [0.2, 0.25) is 0 Å². The minimum atomic E-state index is 0.588. The van der Waals surface area contributed by atoms with Crippen LogP contribution in [0.1, 0.15) is 52.6 Å². The zero-order chi connectivity index (χ0) is 12.4. The molecule has 3 heteroatoms. The molecule has 1 aromatic rings. The van der Waals surface area contributed by atoms with E-state index < -0.39 is 0 Å². The number of aromatic nitrogens is 2. The van der Waals surface area contributed by atoms with E-state index in [1.807, 2.05) is 33.9 Å². The summed E-state index contributed by atoms with van der Waals surface area (Å²) in [5.41, 5.74) is 1.34. The van der Waals surface area contributed by atoms with Crippen molar-refractivity contribution in [2.75, 3.05) is 13.1 Å². The zero-order valence-corrected chi connectivity index (χ0v) is 11.5. The maximum absolute atomic E-state index is 4.35. The van der Waals surface area contributed by atoms with Gasteiger partial charge in [0, 0.05) is 12.7 Å². The van der Waals surface area contributed by atoms with Crippen LogP contribution in [-0.4, -0.2) is 22.9 Å². The average molecular weight is 225 g/mol. The number of nitrogens with zero attached hydrogens (tertiary/aromatic N) is 2. The Balaban J connectivity index is 0.000000509. The van der Waals surface area contributed by atoms with Crippen molar-refractivity contribution in [2.24, 2.45) is 0 Å². The molecule has 94 valence electrons. The second kappa shape index (κ2) is 9.40. The fraction of sp³-hybridized carbons (Fsp3) is 0.769. The third-order valence-corrected chi connectivity index (χ3v) is 2.47. The molecule has 2 rings (SSSR count). The summed E-state index contributed by atoms with van der Waals surface area (Å²) in [7, 11) is 0. The van der Waals surface area contributed by atoms with Gasteiger partial charge in [0.1, 0.15) is 0 Å². The largest absolute Gasteiger partial charge is 0.315 e. The molecule has 1 atom stereocenters. The van der Waals surface area contributed by atoms with E-state index in [0.717, 1.165) is 19.5 Å². The molecule has 16 heavy (non-hydrogen) atoms. The summed E-state index contributed by atoms with van der Waals surface area (Å²) in [6, 6.07) is 0.588. The summed E-state index contributed by atoms with van der Waals surface area (Å²) < 4.78 is 2.10. The summed E-state index contributed by atoms with van der Waals surface area (Å²) in [6.45, 7) is 12.4. The first-order chi connectivity index (χ1) is 7.90. The van der Waals surface area contributed by atoms with Crippen LogP contribution < -0.4 is 5.32 Å². The topological polar surface area (TPSA) is 29.9 Å². The highest BCUT2D eigenvalue weighted by atomic mass is 15.3. The summed E-state index contributed by atoms with van der Waals surface area (Å²) >= 11 is 0. The number of rotatable bonds is 2. The van der Waals surface area contributed by atoms with Gasteiger partial charge in [0.15, 0.2) is 0 Å². The Kier molecular flexibility index (Phi) is 8.91. The van der Waals surface area contributed by atoms with E-state index >= 15 is 0 Å². The average Bonchev–Trinajstić information content (AvgIpc) is 3.04. The van der Waals surface area contributed by atoms with Crippen molar-refractivity contribution in [3.63, 3.8) is 0 Å². The first-order valence-corrected chi connectivity index (χ1v) is 6.64. The van der Waals surface area contributed by atoms with Gasteiger partial charge in [-0.25, -0.2) is 0 Å². The van der Waals surface area contributed by atoms with E-state index in [1.54, 1.807) is 0 Å². The van der Waals surface area contributed by atoms with Gasteiger partial charge in [-0.1, -0.05) is 34.6 Å². The van der Waals surface area contributed by atoms with Gasteiger partial charge in [-0.2, -0.15) is 5.10 Å². The van der Waals surface area contributed by atoms with Crippen LogP contribution in [0.4, 0.5) is 0 Å². The van der Waals surface area contributed by atoms with E-state index in [1.165, 1.54) is 12.0 Å². The van der Waals surface area contributed by atoms with Gasteiger partial charge in [-0.3, -0.25) is 4.68 Å². The van der Waals surface area contributed by atoms with Gasteiger partial charge in [-0.15, -0.1) is 0 Å². The maximum Gasteiger partial charge on any atom is 0.0655 e. The molecule has 0 amide bonds. The summed E-state index contributed by atoms with van der Waals surface area (Å²) in [5.74, 6) is 0. The Morgan fingerprint density at radius 1 is 1.38 bits per heavy atom. The minimum absolute atomic E-state index is 0.588. The first kappa shape index (κ1) is 15.2. The highest BCUT2D eigenvalue weighted by molar-refractivity contribution is 5.04. The predicted molar refractivity (Wildman–Crippen MR) is 70.8 cm³/mol. The minimum Gasteiger partial charge on any atom is -0.315 e. The van der Waals surface area contributed by atoms with Crippen molar-refractivity contribution >= 4 is 0 Å². The molecule has 0 bridgehead atoms. The van der Waals surface area contributed by atoms with Crippen molar-refractivity contribution in [1.29, 1.82) is 0 Å². The number of nitrogens with one attached hydrogen (secondary N) is 1. The van der Waals surface area contributed by atoms with Gasteiger partial charge in [0.2, 0.25) is 0 Å². The Morgan fingerprint density at radius 2 is 2.06 bits per heavy atom. The second-order valence-corrected chi connectivity index (χ2v) is 3.33. The van der Waals surface area contributed by atoms with Crippen LogP contribution >= 0.6 is 0 Å². The van der Waals surface area contributed by atoms with E-state index in [4.69, 9.17) is 0 Å². The van der Waals surface area contributed by atoms with Crippen LogP contribution in [0, 0.1) is 0 Å². The maximum atomic E-state index is 4.35. The molecule has 2 heterocycles. The molecule has 0 radical (unpaired) electrons. The molecule has 1 N–H and O–H groups in total. The van der Waals surface area contributed by atoms with E-state index in [0.29, 0.717) is 6.04 Å². The summed E-state index contributed by atoms with van der Waals surface area (Å²) in [5, 5.41) is 7.68. The highest BCUT2D eigenvalue weighted by Crippen LogP contribution is 2.14. The molecule has 0 spiro atoms. The second-order valence-electron chi connectivity index (χ2n) is 3.33. The lowest BCUT2D eigenvalue weighted by Gasteiger charge is -2.07. The van der Waals surface area contributed by atoms with Gasteiger partial charge in [0.05, 0.1) is 12.2 Å². The van der Waals surface area contributed by atoms with E-state index in [9.17, 15) is 0 Å². The molecule has 0 aliphatic carbocycles. The molecule has 1 unspecified atom stereocenters. The molecule has 0 saturated carbocycles. The van der Waals surface area contributed by atoms with Crippen molar-refractivity contribution in [3.05, 3.63) is 18.0 Å². The lowest BCUT2D eigenvalue weighted by atomic mass is 10.2. The van der Waals surface area contributed by atoms with Gasteiger partial charge >= 0.3 is 0 Å². The quantitative estimate of drug-likeness (QED) is 0.838. The number of hydrogen-bond donors (Lipinski definition) is 1. The molecule has 0 aromatic carbocycles. The van der Waals surface area contributed by atoms with Crippen LogP contribution in [0.25, 0.3) is 0 Å². The fourth-order valence-electron chi connectivity index (χ4n) is 1.62.